The van der Waals surface area contributed by atoms with Crippen molar-refractivity contribution in [1.82, 2.24) is 9.55 Å². The van der Waals surface area contributed by atoms with Crippen LogP contribution in [0.2, 0.25) is 5.02 Å². The molecule has 140 valence electrons. The van der Waals surface area contributed by atoms with Gasteiger partial charge >= 0.3 is 5.97 Å². The highest BCUT2D eigenvalue weighted by Gasteiger charge is 2.18. The molecule has 0 radical (unpaired) electrons. The summed E-state index contributed by atoms with van der Waals surface area (Å²) in [7, 11) is 0. The Bertz CT molecular complexity index is 1030. The number of hydrogen-bond acceptors (Lipinski definition) is 6. The second-order valence-corrected chi connectivity index (χ2v) is 7.09. The molecular formula is C18H16ClN3O4S. The minimum atomic E-state index is -0.970. The molecule has 0 bridgehead atoms. The average Bonchev–Trinajstić information content (AvgIpc) is 3.12. The number of carbonyl (C=O) groups is 2. The zero-order valence-corrected chi connectivity index (χ0v) is 15.9. The van der Waals surface area contributed by atoms with Gasteiger partial charge in [0.15, 0.2) is 6.10 Å². The number of benzene rings is 1. The van der Waals surface area contributed by atoms with Crippen molar-refractivity contribution < 1.29 is 14.3 Å². The van der Waals surface area contributed by atoms with Gasteiger partial charge < -0.3 is 10.1 Å². The number of carbonyl (C=O) groups excluding carboxylic acids is 2. The van der Waals surface area contributed by atoms with E-state index in [4.69, 9.17) is 16.3 Å². The first-order chi connectivity index (χ1) is 12.9. The predicted molar refractivity (Wildman–Crippen MR) is 104 cm³/mol. The molecule has 2 aromatic heterocycles. The molecule has 0 saturated heterocycles. The van der Waals surface area contributed by atoms with E-state index in [0.717, 1.165) is 0 Å². The third-order valence-corrected chi connectivity index (χ3v) is 4.87. The Labute approximate surface area is 163 Å². The average molecular weight is 406 g/mol. The summed E-state index contributed by atoms with van der Waals surface area (Å²) in [5.41, 5.74) is 0.344. The number of nitrogens with zero attached hydrogens (tertiary/aromatic N) is 2. The van der Waals surface area contributed by atoms with E-state index in [9.17, 15) is 14.4 Å². The first kappa shape index (κ1) is 19.1. The van der Waals surface area contributed by atoms with E-state index in [2.05, 4.69) is 10.3 Å². The lowest BCUT2D eigenvalue weighted by Gasteiger charge is -2.14. The molecule has 1 N–H and O–H groups in total. The molecule has 3 aromatic rings. The lowest BCUT2D eigenvalue weighted by atomic mass is 10.3. The molecule has 1 amide bonds. The fourth-order valence-corrected chi connectivity index (χ4v) is 3.20. The van der Waals surface area contributed by atoms with Gasteiger partial charge in [-0.05, 0) is 42.6 Å². The summed E-state index contributed by atoms with van der Waals surface area (Å²) in [5.74, 6) is -1.03. The summed E-state index contributed by atoms with van der Waals surface area (Å²) in [6.07, 6.45) is 0.392. The van der Waals surface area contributed by atoms with Crippen LogP contribution in [-0.4, -0.2) is 27.5 Å². The van der Waals surface area contributed by atoms with Gasteiger partial charge in [-0.1, -0.05) is 11.6 Å². The number of nitrogens with one attached hydrogen (secondary N) is 1. The molecular weight excluding hydrogens is 390 g/mol. The second-order valence-electron chi connectivity index (χ2n) is 5.76. The quantitative estimate of drug-likeness (QED) is 0.636. The number of aryl methyl sites for hydroxylation is 1. The molecule has 3 rings (SSSR count). The van der Waals surface area contributed by atoms with Crippen molar-refractivity contribution in [1.29, 1.82) is 0 Å². The van der Waals surface area contributed by atoms with Crippen molar-refractivity contribution in [3.05, 3.63) is 57.4 Å². The van der Waals surface area contributed by atoms with Crippen LogP contribution in [0.15, 0.2) is 46.8 Å². The number of ether oxygens (including phenoxy) is 1. The fourth-order valence-electron chi connectivity index (χ4n) is 2.35. The maximum absolute atomic E-state index is 12.3. The molecule has 2 heterocycles. The Morgan fingerprint density at radius 2 is 2.04 bits per heavy atom. The van der Waals surface area contributed by atoms with Crippen LogP contribution in [0.3, 0.4) is 0 Å². The second kappa shape index (κ2) is 8.32. The molecule has 0 aliphatic carbocycles. The third-order valence-electron chi connectivity index (χ3n) is 3.80. The number of hydrogen-bond donors (Lipinski definition) is 1. The van der Waals surface area contributed by atoms with Gasteiger partial charge in [0.25, 0.3) is 11.5 Å². The van der Waals surface area contributed by atoms with Crippen LogP contribution in [0.1, 0.15) is 13.3 Å². The summed E-state index contributed by atoms with van der Waals surface area (Å²) < 4.78 is 6.49. The largest absolute Gasteiger partial charge is 0.452 e. The normalized spacial score (nSPS) is 11.9. The number of anilines is 1. The maximum Gasteiger partial charge on any atom is 0.308 e. The van der Waals surface area contributed by atoms with Gasteiger partial charge in [-0.25, -0.2) is 4.98 Å². The number of fused-ring (bicyclic) bond motifs is 1. The van der Waals surface area contributed by atoms with Crippen molar-refractivity contribution in [3.63, 3.8) is 0 Å². The standard InChI is InChI=1S/C18H16ClN3O4S/c1-11(16(24)21-13-4-2-12(19)3-5-13)26-15(23)6-8-22-10-20-17-14(18(22)25)7-9-27-17/h2-5,7,9-11H,6,8H2,1H3,(H,21,24). The van der Waals surface area contributed by atoms with Crippen molar-refractivity contribution >= 4 is 50.7 Å². The zero-order chi connectivity index (χ0) is 19.4. The molecule has 0 fully saturated rings. The summed E-state index contributed by atoms with van der Waals surface area (Å²) in [4.78, 5) is 41.2. The summed E-state index contributed by atoms with van der Waals surface area (Å²) in [6, 6.07) is 8.28. The highest BCUT2D eigenvalue weighted by atomic mass is 35.5. The smallest absolute Gasteiger partial charge is 0.308 e. The van der Waals surface area contributed by atoms with Gasteiger partial charge in [-0.3, -0.25) is 19.0 Å². The van der Waals surface area contributed by atoms with Gasteiger partial charge in [0.2, 0.25) is 0 Å². The van der Waals surface area contributed by atoms with E-state index >= 15 is 0 Å². The van der Waals surface area contributed by atoms with Gasteiger partial charge in [-0.15, -0.1) is 11.3 Å². The summed E-state index contributed by atoms with van der Waals surface area (Å²) in [5, 5.41) is 5.50. The van der Waals surface area contributed by atoms with E-state index in [0.29, 0.717) is 20.9 Å². The van der Waals surface area contributed by atoms with Crippen molar-refractivity contribution in [3.8, 4) is 0 Å². The molecule has 27 heavy (non-hydrogen) atoms. The third kappa shape index (κ3) is 4.72. The van der Waals surface area contributed by atoms with Crippen LogP contribution in [0, 0.1) is 0 Å². The van der Waals surface area contributed by atoms with Crippen LogP contribution >= 0.6 is 22.9 Å². The van der Waals surface area contributed by atoms with E-state index in [-0.39, 0.29) is 18.5 Å². The SMILES string of the molecule is CC(OC(=O)CCn1cnc2sccc2c1=O)C(=O)Nc1ccc(Cl)cc1. The molecule has 1 atom stereocenters. The highest BCUT2D eigenvalue weighted by Crippen LogP contribution is 2.15. The van der Waals surface area contributed by atoms with Crippen LogP contribution in [-0.2, 0) is 20.9 Å². The maximum atomic E-state index is 12.3. The van der Waals surface area contributed by atoms with E-state index < -0.39 is 18.0 Å². The number of esters is 1. The Kier molecular flexibility index (Phi) is 5.88. The van der Waals surface area contributed by atoms with Gasteiger partial charge in [0, 0.05) is 17.3 Å². The molecule has 1 aromatic carbocycles. The van der Waals surface area contributed by atoms with E-state index in [1.807, 2.05) is 0 Å². The Morgan fingerprint density at radius 3 is 2.78 bits per heavy atom. The van der Waals surface area contributed by atoms with E-state index in [1.165, 1.54) is 29.2 Å². The number of rotatable bonds is 6. The lowest BCUT2D eigenvalue weighted by Crippen LogP contribution is -2.30. The molecule has 0 aliphatic rings. The Morgan fingerprint density at radius 1 is 1.30 bits per heavy atom. The van der Waals surface area contributed by atoms with Gasteiger partial charge in [-0.2, -0.15) is 0 Å². The number of halogens is 1. The topological polar surface area (TPSA) is 90.3 Å². The summed E-state index contributed by atoms with van der Waals surface area (Å²) in [6.45, 7) is 1.61. The molecule has 7 nitrogen and oxygen atoms in total. The van der Waals surface area contributed by atoms with E-state index in [1.54, 1.807) is 35.7 Å². The highest BCUT2D eigenvalue weighted by molar-refractivity contribution is 7.16. The number of amides is 1. The zero-order valence-electron chi connectivity index (χ0n) is 14.3. The molecule has 9 heteroatoms. The molecule has 0 spiro atoms. The summed E-state index contributed by atoms with van der Waals surface area (Å²) >= 11 is 7.17. The van der Waals surface area contributed by atoms with Crippen LogP contribution in [0.4, 0.5) is 5.69 Å². The Balaban J connectivity index is 1.53. The first-order valence-corrected chi connectivity index (χ1v) is 9.38. The first-order valence-electron chi connectivity index (χ1n) is 8.12. The minimum Gasteiger partial charge on any atom is -0.452 e. The van der Waals surface area contributed by atoms with Crippen LogP contribution < -0.4 is 10.9 Å². The Hall–Kier alpha value is -2.71. The number of thiophene rings is 1. The van der Waals surface area contributed by atoms with Gasteiger partial charge in [0.05, 0.1) is 18.1 Å². The predicted octanol–water partition coefficient (Wildman–Crippen LogP) is 3.07. The van der Waals surface area contributed by atoms with Crippen molar-refractivity contribution in [2.45, 2.75) is 26.0 Å². The molecule has 1 unspecified atom stereocenters. The van der Waals surface area contributed by atoms with Gasteiger partial charge in [0.1, 0.15) is 4.83 Å². The van der Waals surface area contributed by atoms with Crippen LogP contribution in [0.5, 0.6) is 0 Å². The lowest BCUT2D eigenvalue weighted by molar-refractivity contribution is -0.153. The van der Waals surface area contributed by atoms with Crippen molar-refractivity contribution in [2.75, 3.05) is 5.32 Å². The molecule has 0 saturated carbocycles. The minimum absolute atomic E-state index is 0.0458. The van der Waals surface area contributed by atoms with Crippen molar-refractivity contribution in [2.24, 2.45) is 0 Å². The monoisotopic (exact) mass is 405 g/mol. The number of aromatic nitrogens is 2. The van der Waals surface area contributed by atoms with Crippen LogP contribution in [0.25, 0.3) is 10.2 Å². The molecule has 0 aliphatic heterocycles. The fraction of sp³-hybridized carbons (Fsp3) is 0.222.